The van der Waals surface area contributed by atoms with Crippen LogP contribution in [0.2, 0.25) is 0 Å². The number of hydrogen-bond acceptors (Lipinski definition) is 5. The fourth-order valence-electron chi connectivity index (χ4n) is 2.10. The summed E-state index contributed by atoms with van der Waals surface area (Å²) in [6.07, 6.45) is 6.34. The maximum atomic E-state index is 9.01. The van der Waals surface area contributed by atoms with Gasteiger partial charge in [0.25, 0.3) is 0 Å². The molecule has 6 nitrogen and oxygen atoms in total. The summed E-state index contributed by atoms with van der Waals surface area (Å²) >= 11 is 0. The van der Waals surface area contributed by atoms with Crippen molar-refractivity contribution in [2.75, 3.05) is 18.5 Å². The van der Waals surface area contributed by atoms with Gasteiger partial charge < -0.3 is 15.4 Å². The van der Waals surface area contributed by atoms with Crippen LogP contribution in [-0.4, -0.2) is 38.2 Å². The van der Waals surface area contributed by atoms with Crippen LogP contribution < -0.4 is 5.32 Å². The Hall–Kier alpha value is -1.69. The molecule has 0 spiro atoms. The predicted octanol–water partition coefficient (Wildman–Crippen LogP) is 0.927. The van der Waals surface area contributed by atoms with E-state index in [1.54, 1.807) is 6.33 Å². The number of hydrogen-bond donors (Lipinski definition) is 3. The van der Waals surface area contributed by atoms with Crippen LogP contribution in [0.5, 0.6) is 0 Å². The van der Waals surface area contributed by atoms with Gasteiger partial charge in [-0.25, -0.2) is 15.0 Å². The van der Waals surface area contributed by atoms with E-state index in [1.807, 2.05) is 0 Å². The highest BCUT2D eigenvalue weighted by molar-refractivity contribution is 5.81. The molecule has 0 saturated heterocycles. The molecule has 0 bridgehead atoms. The highest BCUT2D eigenvalue weighted by Crippen LogP contribution is 2.48. The smallest absolute Gasteiger partial charge is 0.182 e. The molecule has 1 saturated carbocycles. The zero-order valence-corrected chi connectivity index (χ0v) is 9.48. The number of aliphatic hydroxyl groups is 1. The first-order chi connectivity index (χ1) is 8.33. The van der Waals surface area contributed by atoms with E-state index in [2.05, 4.69) is 25.3 Å². The molecule has 3 N–H and O–H groups in total. The van der Waals surface area contributed by atoms with Gasteiger partial charge in [-0.05, 0) is 24.7 Å². The van der Waals surface area contributed by atoms with Crippen molar-refractivity contribution in [1.29, 1.82) is 0 Å². The second-order valence-electron chi connectivity index (χ2n) is 4.65. The van der Waals surface area contributed by atoms with Gasteiger partial charge in [0.1, 0.15) is 11.8 Å². The molecule has 90 valence electrons. The Balaban J connectivity index is 1.75. The molecule has 3 rings (SSSR count). The second-order valence-corrected chi connectivity index (χ2v) is 4.65. The Labute approximate surface area is 98.5 Å². The molecule has 0 unspecified atom stereocenters. The van der Waals surface area contributed by atoms with E-state index in [0.717, 1.165) is 24.3 Å². The molecular formula is C11H15N5O. The summed E-state index contributed by atoms with van der Waals surface area (Å²) < 4.78 is 0. The van der Waals surface area contributed by atoms with Gasteiger partial charge in [0.15, 0.2) is 11.5 Å². The molecule has 0 radical (unpaired) electrons. The number of H-pyrrole nitrogens is 1. The summed E-state index contributed by atoms with van der Waals surface area (Å²) in [7, 11) is 0. The molecule has 6 heteroatoms. The zero-order valence-electron chi connectivity index (χ0n) is 9.48. The summed E-state index contributed by atoms with van der Waals surface area (Å²) in [5.74, 6) is 0.789. The lowest BCUT2D eigenvalue weighted by molar-refractivity contribution is 0.253. The van der Waals surface area contributed by atoms with Crippen molar-refractivity contribution in [2.45, 2.75) is 19.3 Å². The molecule has 0 aromatic carbocycles. The average molecular weight is 233 g/mol. The van der Waals surface area contributed by atoms with Crippen LogP contribution in [-0.2, 0) is 0 Å². The topological polar surface area (TPSA) is 86.7 Å². The molecule has 2 aromatic rings. The van der Waals surface area contributed by atoms with Crippen molar-refractivity contribution in [3.8, 4) is 0 Å². The summed E-state index contributed by atoms with van der Waals surface area (Å²) in [5.41, 5.74) is 1.79. The van der Waals surface area contributed by atoms with Gasteiger partial charge >= 0.3 is 0 Å². The molecule has 2 aromatic heterocycles. The van der Waals surface area contributed by atoms with Crippen LogP contribution in [0.25, 0.3) is 11.2 Å². The van der Waals surface area contributed by atoms with E-state index in [4.69, 9.17) is 5.11 Å². The first kappa shape index (κ1) is 10.5. The third-order valence-electron chi connectivity index (χ3n) is 3.45. The van der Waals surface area contributed by atoms with E-state index in [1.165, 1.54) is 19.2 Å². The van der Waals surface area contributed by atoms with Gasteiger partial charge in [0.05, 0.1) is 6.33 Å². The Morgan fingerprint density at radius 3 is 3.00 bits per heavy atom. The van der Waals surface area contributed by atoms with Crippen LogP contribution >= 0.6 is 0 Å². The van der Waals surface area contributed by atoms with Gasteiger partial charge in [-0.15, -0.1) is 0 Å². The largest absolute Gasteiger partial charge is 0.396 e. The molecule has 17 heavy (non-hydrogen) atoms. The highest BCUT2D eigenvalue weighted by Gasteiger charge is 2.41. The van der Waals surface area contributed by atoms with Gasteiger partial charge in [-0.3, -0.25) is 0 Å². The van der Waals surface area contributed by atoms with Crippen molar-refractivity contribution < 1.29 is 5.11 Å². The molecule has 1 fully saturated rings. The molecule has 1 aliphatic rings. The van der Waals surface area contributed by atoms with Gasteiger partial charge in [0, 0.05) is 13.2 Å². The molecular weight excluding hydrogens is 218 g/mol. The van der Waals surface area contributed by atoms with Crippen LogP contribution in [0.4, 0.5) is 5.82 Å². The van der Waals surface area contributed by atoms with E-state index in [-0.39, 0.29) is 12.0 Å². The number of imidazole rings is 1. The molecule has 0 aliphatic heterocycles. The molecule has 0 atom stereocenters. The minimum Gasteiger partial charge on any atom is -0.396 e. The zero-order chi connectivity index (χ0) is 11.7. The predicted molar refractivity (Wildman–Crippen MR) is 63.5 cm³/mol. The Kier molecular flexibility index (Phi) is 2.44. The number of rotatable bonds is 5. The lowest BCUT2D eigenvalue weighted by atomic mass is 10.0. The second kappa shape index (κ2) is 3.96. The standard InChI is InChI=1S/C11H15N5O/c17-4-3-11(1-2-11)5-12-9-8-10(14-6-13-8)16-7-15-9/h6-7,17H,1-5H2,(H2,12,13,14,15,16). The normalized spacial score (nSPS) is 17.2. The Bertz CT molecular complexity index is 519. The van der Waals surface area contributed by atoms with E-state index >= 15 is 0 Å². The first-order valence-electron chi connectivity index (χ1n) is 5.82. The first-order valence-corrected chi connectivity index (χ1v) is 5.82. The van der Waals surface area contributed by atoms with E-state index in [9.17, 15) is 0 Å². The van der Waals surface area contributed by atoms with Crippen molar-refractivity contribution in [2.24, 2.45) is 5.41 Å². The number of nitrogens with zero attached hydrogens (tertiary/aromatic N) is 3. The fraction of sp³-hybridized carbons (Fsp3) is 0.545. The third kappa shape index (κ3) is 1.95. The number of nitrogens with one attached hydrogen (secondary N) is 2. The number of aliphatic hydroxyl groups excluding tert-OH is 1. The number of anilines is 1. The monoisotopic (exact) mass is 233 g/mol. The summed E-state index contributed by atoms with van der Waals surface area (Å²) in [6, 6.07) is 0. The number of aromatic amines is 1. The van der Waals surface area contributed by atoms with E-state index < -0.39 is 0 Å². The summed E-state index contributed by atoms with van der Waals surface area (Å²) in [6.45, 7) is 1.10. The van der Waals surface area contributed by atoms with E-state index in [0.29, 0.717) is 5.65 Å². The van der Waals surface area contributed by atoms with Crippen molar-refractivity contribution in [3.63, 3.8) is 0 Å². The fourth-order valence-corrected chi connectivity index (χ4v) is 2.10. The van der Waals surface area contributed by atoms with Crippen LogP contribution in [0, 0.1) is 5.41 Å². The lowest BCUT2D eigenvalue weighted by Crippen LogP contribution is -2.17. The van der Waals surface area contributed by atoms with Crippen molar-refractivity contribution in [3.05, 3.63) is 12.7 Å². The van der Waals surface area contributed by atoms with Crippen molar-refractivity contribution >= 4 is 17.0 Å². The van der Waals surface area contributed by atoms with Crippen molar-refractivity contribution in [1.82, 2.24) is 19.9 Å². The molecule has 1 aliphatic carbocycles. The van der Waals surface area contributed by atoms with Crippen LogP contribution in [0.15, 0.2) is 12.7 Å². The Morgan fingerprint density at radius 2 is 2.24 bits per heavy atom. The Morgan fingerprint density at radius 1 is 1.35 bits per heavy atom. The van der Waals surface area contributed by atoms with Gasteiger partial charge in [0.2, 0.25) is 0 Å². The highest BCUT2D eigenvalue weighted by atomic mass is 16.3. The van der Waals surface area contributed by atoms with Crippen LogP contribution in [0.3, 0.4) is 0 Å². The number of aromatic nitrogens is 4. The maximum absolute atomic E-state index is 9.01. The molecule has 0 amide bonds. The third-order valence-corrected chi connectivity index (χ3v) is 3.45. The minimum atomic E-state index is 0.255. The van der Waals surface area contributed by atoms with Crippen LogP contribution in [0.1, 0.15) is 19.3 Å². The van der Waals surface area contributed by atoms with Gasteiger partial charge in [-0.2, -0.15) is 0 Å². The van der Waals surface area contributed by atoms with Gasteiger partial charge in [-0.1, -0.05) is 0 Å². The summed E-state index contributed by atoms with van der Waals surface area (Å²) in [4.78, 5) is 15.4. The summed E-state index contributed by atoms with van der Waals surface area (Å²) in [5, 5.41) is 12.3. The maximum Gasteiger partial charge on any atom is 0.182 e. The SMILES string of the molecule is OCCC1(CNc2ncnc3nc[nH]c23)CC1. The average Bonchev–Trinajstić information content (AvgIpc) is 2.92. The molecule has 2 heterocycles. The lowest BCUT2D eigenvalue weighted by Gasteiger charge is -2.14. The number of fused-ring (bicyclic) bond motifs is 1. The minimum absolute atomic E-state index is 0.255. The quantitative estimate of drug-likeness (QED) is 0.715.